The lowest BCUT2D eigenvalue weighted by molar-refractivity contribution is -0.113. The second-order valence-electron chi connectivity index (χ2n) is 6.59. The second-order valence-corrected chi connectivity index (χ2v) is 8.76. The number of aromatic nitrogens is 4. The standard InChI is InChI=1S/C20H23N5O4S2/c1-6-29-19(27)17-12(3)13(4)31-18(17)21-16(26)10-30-20-22-23-24-25(20)14-9-11(2)7-8-15(14)28-5/h7-9H,6,10H2,1-5H3,(H,21,26). The number of rotatable bonds is 8. The first kappa shape index (κ1) is 22.8. The normalized spacial score (nSPS) is 10.7. The van der Waals surface area contributed by atoms with Crippen molar-refractivity contribution in [3.8, 4) is 11.4 Å². The number of esters is 1. The monoisotopic (exact) mass is 461 g/mol. The van der Waals surface area contributed by atoms with Crippen molar-refractivity contribution in [1.29, 1.82) is 0 Å². The number of benzene rings is 1. The number of ether oxygens (including phenoxy) is 2. The molecule has 0 atom stereocenters. The van der Waals surface area contributed by atoms with Crippen LogP contribution in [-0.4, -0.2) is 51.6 Å². The van der Waals surface area contributed by atoms with Crippen molar-refractivity contribution >= 4 is 40.0 Å². The fraction of sp³-hybridized carbons (Fsp3) is 0.350. The van der Waals surface area contributed by atoms with Crippen molar-refractivity contribution < 1.29 is 19.1 Å². The van der Waals surface area contributed by atoms with Gasteiger partial charge in [0.1, 0.15) is 16.4 Å². The fourth-order valence-electron chi connectivity index (χ4n) is 2.84. The third-order valence-corrected chi connectivity index (χ3v) is 6.50. The van der Waals surface area contributed by atoms with E-state index >= 15 is 0 Å². The number of carbonyl (C=O) groups is 2. The summed E-state index contributed by atoms with van der Waals surface area (Å²) in [6.07, 6.45) is 0. The summed E-state index contributed by atoms with van der Waals surface area (Å²) in [6.45, 7) is 7.71. The molecule has 0 radical (unpaired) electrons. The molecule has 2 heterocycles. The molecule has 0 saturated carbocycles. The third-order valence-electron chi connectivity index (χ3n) is 4.45. The molecule has 1 amide bonds. The Balaban J connectivity index is 1.74. The number of tetrazole rings is 1. The van der Waals surface area contributed by atoms with E-state index in [1.807, 2.05) is 39.0 Å². The van der Waals surface area contributed by atoms with Crippen LogP contribution in [0.2, 0.25) is 0 Å². The lowest BCUT2D eigenvalue weighted by atomic mass is 10.1. The Morgan fingerprint density at radius 2 is 2.03 bits per heavy atom. The number of nitrogens with one attached hydrogen (secondary N) is 1. The highest BCUT2D eigenvalue weighted by Gasteiger charge is 2.22. The van der Waals surface area contributed by atoms with Gasteiger partial charge in [0.2, 0.25) is 11.1 Å². The molecule has 0 aliphatic heterocycles. The van der Waals surface area contributed by atoms with Gasteiger partial charge >= 0.3 is 5.97 Å². The molecule has 3 aromatic rings. The van der Waals surface area contributed by atoms with Crippen molar-refractivity contribution in [3.05, 3.63) is 39.8 Å². The van der Waals surface area contributed by atoms with E-state index in [9.17, 15) is 9.59 Å². The molecule has 0 unspecified atom stereocenters. The van der Waals surface area contributed by atoms with Gasteiger partial charge < -0.3 is 14.8 Å². The molecule has 11 heteroatoms. The number of thiophene rings is 1. The van der Waals surface area contributed by atoms with Gasteiger partial charge in [0.15, 0.2) is 0 Å². The highest BCUT2D eigenvalue weighted by Crippen LogP contribution is 2.33. The molecule has 1 aromatic carbocycles. The lowest BCUT2D eigenvalue weighted by Gasteiger charge is -2.10. The van der Waals surface area contributed by atoms with E-state index in [0.717, 1.165) is 16.0 Å². The zero-order valence-electron chi connectivity index (χ0n) is 17.9. The summed E-state index contributed by atoms with van der Waals surface area (Å²) in [5.74, 6) is -0.0367. The van der Waals surface area contributed by atoms with Gasteiger partial charge in [-0.3, -0.25) is 4.79 Å². The first-order chi connectivity index (χ1) is 14.8. The average molecular weight is 462 g/mol. The van der Waals surface area contributed by atoms with Gasteiger partial charge in [-0.05, 0) is 61.4 Å². The first-order valence-corrected chi connectivity index (χ1v) is 11.3. The molecule has 0 aliphatic carbocycles. The van der Waals surface area contributed by atoms with Crippen LogP contribution in [0.25, 0.3) is 5.69 Å². The molecule has 3 rings (SSSR count). The number of anilines is 1. The Morgan fingerprint density at radius 1 is 1.26 bits per heavy atom. The number of hydrogen-bond donors (Lipinski definition) is 1. The largest absolute Gasteiger partial charge is 0.494 e. The van der Waals surface area contributed by atoms with Gasteiger partial charge in [-0.2, -0.15) is 4.68 Å². The predicted octanol–water partition coefficient (Wildman–Crippen LogP) is 3.57. The van der Waals surface area contributed by atoms with E-state index in [2.05, 4.69) is 20.8 Å². The SMILES string of the molecule is CCOC(=O)c1c(NC(=O)CSc2nnnn2-c2cc(C)ccc2OC)sc(C)c1C. The van der Waals surface area contributed by atoms with Crippen LogP contribution >= 0.6 is 23.1 Å². The van der Waals surface area contributed by atoms with Gasteiger partial charge in [0.05, 0.1) is 25.0 Å². The zero-order chi connectivity index (χ0) is 22.5. The highest BCUT2D eigenvalue weighted by molar-refractivity contribution is 7.99. The minimum atomic E-state index is -0.442. The highest BCUT2D eigenvalue weighted by atomic mass is 32.2. The number of amides is 1. The van der Waals surface area contributed by atoms with Gasteiger partial charge in [-0.25, -0.2) is 4.79 Å². The second kappa shape index (κ2) is 9.92. The molecule has 9 nitrogen and oxygen atoms in total. The van der Waals surface area contributed by atoms with Crippen LogP contribution in [0, 0.1) is 20.8 Å². The number of nitrogens with zero attached hydrogens (tertiary/aromatic N) is 4. The summed E-state index contributed by atoms with van der Waals surface area (Å²) < 4.78 is 12.1. The van der Waals surface area contributed by atoms with Crippen LogP contribution in [0.4, 0.5) is 5.00 Å². The summed E-state index contributed by atoms with van der Waals surface area (Å²) >= 11 is 2.53. The Kier molecular flexibility index (Phi) is 7.29. The summed E-state index contributed by atoms with van der Waals surface area (Å²) in [4.78, 5) is 25.9. The van der Waals surface area contributed by atoms with Crippen molar-refractivity contribution in [2.75, 3.05) is 24.8 Å². The summed E-state index contributed by atoms with van der Waals surface area (Å²) in [5, 5.41) is 15.5. The Labute approximate surface area is 188 Å². The average Bonchev–Trinajstić information content (AvgIpc) is 3.31. The zero-order valence-corrected chi connectivity index (χ0v) is 19.5. The Hall–Kier alpha value is -2.92. The molecule has 0 saturated heterocycles. The maximum absolute atomic E-state index is 12.6. The molecular weight excluding hydrogens is 438 g/mol. The summed E-state index contributed by atoms with van der Waals surface area (Å²) in [6, 6.07) is 5.67. The number of carbonyl (C=O) groups excluding carboxylic acids is 2. The summed E-state index contributed by atoms with van der Waals surface area (Å²) in [7, 11) is 1.57. The molecule has 0 spiro atoms. The Bertz CT molecular complexity index is 1110. The number of methoxy groups -OCH3 is 1. The van der Waals surface area contributed by atoms with E-state index in [0.29, 0.717) is 27.2 Å². The predicted molar refractivity (Wildman–Crippen MR) is 120 cm³/mol. The van der Waals surface area contributed by atoms with Gasteiger partial charge in [0, 0.05) is 4.88 Å². The number of aryl methyl sites for hydroxylation is 2. The quantitative estimate of drug-likeness (QED) is 0.401. The topological polar surface area (TPSA) is 108 Å². The molecule has 1 N–H and O–H groups in total. The Morgan fingerprint density at radius 3 is 2.74 bits per heavy atom. The molecule has 0 aliphatic rings. The summed E-state index contributed by atoms with van der Waals surface area (Å²) in [5.41, 5.74) is 2.92. The molecule has 0 fully saturated rings. The van der Waals surface area contributed by atoms with Crippen LogP contribution in [0.5, 0.6) is 5.75 Å². The van der Waals surface area contributed by atoms with Crippen molar-refractivity contribution in [2.24, 2.45) is 0 Å². The third kappa shape index (κ3) is 5.05. The van der Waals surface area contributed by atoms with Crippen LogP contribution in [0.3, 0.4) is 0 Å². The molecule has 31 heavy (non-hydrogen) atoms. The lowest BCUT2D eigenvalue weighted by Crippen LogP contribution is -2.17. The smallest absolute Gasteiger partial charge is 0.341 e. The molecule has 164 valence electrons. The fourth-order valence-corrected chi connectivity index (χ4v) is 4.59. The van der Waals surface area contributed by atoms with Gasteiger partial charge in [0.25, 0.3) is 0 Å². The van der Waals surface area contributed by atoms with E-state index in [4.69, 9.17) is 9.47 Å². The van der Waals surface area contributed by atoms with Crippen LogP contribution in [0.15, 0.2) is 23.4 Å². The van der Waals surface area contributed by atoms with E-state index in [-0.39, 0.29) is 18.3 Å². The maximum atomic E-state index is 12.6. The number of thioether (sulfide) groups is 1. The number of hydrogen-bond acceptors (Lipinski definition) is 9. The van der Waals surface area contributed by atoms with Gasteiger partial charge in [-0.15, -0.1) is 16.4 Å². The van der Waals surface area contributed by atoms with Crippen LogP contribution in [-0.2, 0) is 9.53 Å². The van der Waals surface area contributed by atoms with Gasteiger partial charge in [-0.1, -0.05) is 17.8 Å². The minimum absolute atomic E-state index is 0.0623. The van der Waals surface area contributed by atoms with Crippen LogP contribution in [0.1, 0.15) is 33.3 Å². The first-order valence-electron chi connectivity index (χ1n) is 9.48. The van der Waals surface area contributed by atoms with E-state index in [1.165, 1.54) is 27.8 Å². The van der Waals surface area contributed by atoms with E-state index in [1.54, 1.807) is 14.0 Å². The molecule has 2 aromatic heterocycles. The minimum Gasteiger partial charge on any atom is -0.494 e. The van der Waals surface area contributed by atoms with E-state index < -0.39 is 5.97 Å². The van der Waals surface area contributed by atoms with Crippen molar-refractivity contribution in [1.82, 2.24) is 20.2 Å². The van der Waals surface area contributed by atoms with Crippen molar-refractivity contribution in [2.45, 2.75) is 32.9 Å². The molecular formula is C20H23N5O4S2. The van der Waals surface area contributed by atoms with Crippen molar-refractivity contribution in [3.63, 3.8) is 0 Å². The van der Waals surface area contributed by atoms with Crippen LogP contribution < -0.4 is 10.1 Å². The maximum Gasteiger partial charge on any atom is 0.341 e. The molecule has 0 bridgehead atoms.